The molecule has 0 saturated carbocycles. The molecule has 0 radical (unpaired) electrons. The lowest BCUT2D eigenvalue weighted by Crippen LogP contribution is -2.17. The maximum absolute atomic E-state index is 12.5. The summed E-state index contributed by atoms with van der Waals surface area (Å²) in [5.41, 5.74) is 7.66. The smallest absolute Gasteiger partial charge is 0.344 e. The second-order valence-electron chi connectivity index (χ2n) is 8.09. The Balaban J connectivity index is 1.30. The van der Waals surface area contributed by atoms with Gasteiger partial charge in [0.2, 0.25) is 0 Å². The van der Waals surface area contributed by atoms with Gasteiger partial charge in [-0.1, -0.05) is 29.8 Å². The number of rotatable bonds is 10. The van der Waals surface area contributed by atoms with E-state index in [4.69, 9.17) is 9.47 Å². The highest BCUT2D eigenvalue weighted by molar-refractivity contribution is 9.10. The zero-order valence-corrected chi connectivity index (χ0v) is 23.1. The number of carbonyl (C=O) groups is 2. The van der Waals surface area contributed by atoms with Crippen LogP contribution in [0.2, 0.25) is 0 Å². The first kappa shape index (κ1) is 27.0. The Bertz CT molecular complexity index is 1440. The van der Waals surface area contributed by atoms with Crippen molar-refractivity contribution in [1.82, 2.24) is 10.4 Å². The molecule has 0 aliphatic rings. The molecule has 0 bridgehead atoms. The fraction of sp³-hybridized carbons (Fsp3) is 0.143. The Kier molecular flexibility index (Phi) is 9.23. The number of aryl methyl sites for hydroxylation is 1. The van der Waals surface area contributed by atoms with Crippen LogP contribution in [0.25, 0.3) is 11.3 Å². The van der Waals surface area contributed by atoms with E-state index in [9.17, 15) is 9.59 Å². The van der Waals surface area contributed by atoms with E-state index in [0.717, 1.165) is 27.6 Å². The van der Waals surface area contributed by atoms with E-state index < -0.39 is 5.97 Å². The molecular weight excluding hydrogens is 568 g/mol. The van der Waals surface area contributed by atoms with Crippen molar-refractivity contribution in [2.24, 2.45) is 5.10 Å². The molecule has 1 aromatic heterocycles. The molecule has 4 rings (SSSR count). The van der Waals surface area contributed by atoms with Crippen LogP contribution in [0.1, 0.15) is 28.4 Å². The number of ether oxygens (including phenoxy) is 2. The zero-order valence-electron chi connectivity index (χ0n) is 20.7. The summed E-state index contributed by atoms with van der Waals surface area (Å²) in [5, 5.41) is 10.1. The second-order valence-corrected chi connectivity index (χ2v) is 9.80. The van der Waals surface area contributed by atoms with E-state index in [2.05, 4.69) is 36.8 Å². The summed E-state index contributed by atoms with van der Waals surface area (Å²) in [6.07, 6.45) is 1.52. The molecule has 4 aromatic rings. The number of hydrogen-bond donors (Lipinski definition) is 2. The van der Waals surface area contributed by atoms with Gasteiger partial charge in [-0.2, -0.15) is 5.10 Å². The molecule has 1 heterocycles. The molecule has 10 heteroatoms. The fourth-order valence-electron chi connectivity index (χ4n) is 3.30. The lowest BCUT2D eigenvalue weighted by Gasteiger charge is -2.08. The summed E-state index contributed by atoms with van der Waals surface area (Å²) in [6, 6.07) is 20.5. The van der Waals surface area contributed by atoms with E-state index in [1.807, 2.05) is 48.7 Å². The number of amides is 1. The van der Waals surface area contributed by atoms with E-state index in [1.165, 1.54) is 23.1 Å². The number of hydrogen-bond acceptors (Lipinski definition) is 8. The molecule has 38 heavy (non-hydrogen) atoms. The van der Waals surface area contributed by atoms with Gasteiger partial charge < -0.3 is 14.8 Å². The van der Waals surface area contributed by atoms with Crippen LogP contribution in [0.15, 0.2) is 81.7 Å². The van der Waals surface area contributed by atoms with Gasteiger partial charge in [0.05, 0.1) is 23.0 Å². The minimum Gasteiger partial charge on any atom is -0.481 e. The summed E-state index contributed by atoms with van der Waals surface area (Å²) < 4.78 is 10.9. The number of nitrogens with zero attached hydrogens (tertiary/aromatic N) is 2. The summed E-state index contributed by atoms with van der Waals surface area (Å²) >= 11 is 4.92. The predicted octanol–water partition coefficient (Wildman–Crippen LogP) is 6.33. The van der Waals surface area contributed by atoms with Crippen molar-refractivity contribution in [3.05, 3.63) is 93.3 Å². The van der Waals surface area contributed by atoms with Gasteiger partial charge in [-0.15, -0.1) is 11.3 Å². The van der Waals surface area contributed by atoms with Gasteiger partial charge in [0.1, 0.15) is 5.75 Å². The zero-order chi connectivity index (χ0) is 26.9. The van der Waals surface area contributed by atoms with Crippen LogP contribution < -0.4 is 15.5 Å². The monoisotopic (exact) mass is 592 g/mol. The largest absolute Gasteiger partial charge is 0.481 e. The van der Waals surface area contributed by atoms with Gasteiger partial charge in [0.15, 0.2) is 11.7 Å². The van der Waals surface area contributed by atoms with Gasteiger partial charge in [-0.25, -0.2) is 15.2 Å². The average molecular weight is 594 g/mol. The van der Waals surface area contributed by atoms with Crippen LogP contribution >= 0.6 is 27.3 Å². The van der Waals surface area contributed by atoms with Crippen molar-refractivity contribution in [3.63, 3.8) is 0 Å². The number of halogens is 1. The molecule has 1 amide bonds. The Hall–Kier alpha value is -4.02. The normalized spacial score (nSPS) is 10.8. The molecule has 2 N–H and O–H groups in total. The number of hydrazone groups is 1. The first-order chi connectivity index (χ1) is 18.4. The third-order valence-electron chi connectivity index (χ3n) is 5.24. The summed E-state index contributed by atoms with van der Waals surface area (Å²) in [4.78, 5) is 28.6. The molecule has 0 spiro atoms. The molecular formula is C28H25BrN4O4S. The van der Waals surface area contributed by atoms with E-state index in [0.29, 0.717) is 22.4 Å². The number of aromatic nitrogens is 1. The number of benzene rings is 3. The molecule has 194 valence electrons. The van der Waals surface area contributed by atoms with Gasteiger partial charge in [0, 0.05) is 22.2 Å². The van der Waals surface area contributed by atoms with Crippen LogP contribution in [0.3, 0.4) is 0 Å². The van der Waals surface area contributed by atoms with Crippen molar-refractivity contribution in [2.45, 2.75) is 13.8 Å². The maximum atomic E-state index is 12.5. The molecule has 8 nitrogen and oxygen atoms in total. The van der Waals surface area contributed by atoms with Gasteiger partial charge in [-0.3, -0.25) is 4.79 Å². The summed E-state index contributed by atoms with van der Waals surface area (Å²) in [7, 11) is 0. The molecule has 3 aromatic carbocycles. The quantitative estimate of drug-likeness (QED) is 0.127. The SMILES string of the molecule is CCOC(=O)COc1ccc(/C=N\NC(=O)c2ccc(-c3csc(Nc4ccc(C)cc4)n3)cc2)cc1Br. The number of nitrogens with one attached hydrogen (secondary N) is 2. The standard InChI is InChI=1S/C28H25BrN4O4S/c1-3-36-26(34)16-37-25-13-6-19(14-23(25)29)15-30-33-27(35)21-9-7-20(8-10-21)24-17-38-28(32-24)31-22-11-4-18(2)5-12-22/h4-15,17H,3,16H2,1-2H3,(H,31,32)(H,33,35)/b30-15-. The number of esters is 1. The van der Waals surface area contributed by atoms with Crippen molar-refractivity contribution in [1.29, 1.82) is 0 Å². The highest BCUT2D eigenvalue weighted by atomic mass is 79.9. The third-order valence-corrected chi connectivity index (χ3v) is 6.61. The number of thiazole rings is 1. The van der Waals surface area contributed by atoms with Gasteiger partial charge in [-0.05, 0) is 77.8 Å². The summed E-state index contributed by atoms with van der Waals surface area (Å²) in [6.45, 7) is 3.91. The molecule has 0 saturated heterocycles. The van der Waals surface area contributed by atoms with Crippen molar-refractivity contribution >= 4 is 56.2 Å². The number of anilines is 2. The first-order valence-electron chi connectivity index (χ1n) is 11.7. The van der Waals surface area contributed by atoms with Crippen LogP contribution in [0, 0.1) is 6.92 Å². The van der Waals surface area contributed by atoms with Crippen LogP contribution in [-0.2, 0) is 9.53 Å². The van der Waals surface area contributed by atoms with Crippen molar-refractivity contribution in [2.75, 3.05) is 18.5 Å². The van der Waals surface area contributed by atoms with Gasteiger partial charge in [0.25, 0.3) is 5.91 Å². The highest BCUT2D eigenvalue weighted by Gasteiger charge is 2.09. The second kappa shape index (κ2) is 13.0. The Labute approximate surface area is 232 Å². The topological polar surface area (TPSA) is 102 Å². The molecule has 0 unspecified atom stereocenters. The Morgan fingerprint density at radius 1 is 1.08 bits per heavy atom. The molecule has 0 aliphatic heterocycles. The average Bonchev–Trinajstić information content (AvgIpc) is 3.38. The summed E-state index contributed by atoms with van der Waals surface area (Å²) in [5.74, 6) is -0.272. The van der Waals surface area contributed by atoms with Crippen molar-refractivity contribution < 1.29 is 19.1 Å². The lowest BCUT2D eigenvalue weighted by molar-refractivity contribution is -0.145. The molecule has 0 atom stereocenters. The lowest BCUT2D eigenvalue weighted by atomic mass is 10.1. The maximum Gasteiger partial charge on any atom is 0.344 e. The highest BCUT2D eigenvalue weighted by Crippen LogP contribution is 2.28. The van der Waals surface area contributed by atoms with Crippen LogP contribution in [0.4, 0.5) is 10.8 Å². The first-order valence-corrected chi connectivity index (χ1v) is 13.4. The van der Waals surface area contributed by atoms with Gasteiger partial charge >= 0.3 is 5.97 Å². The van der Waals surface area contributed by atoms with E-state index >= 15 is 0 Å². The minimum absolute atomic E-state index is 0.178. The number of carbonyl (C=O) groups excluding carboxylic acids is 2. The van der Waals surface area contributed by atoms with Crippen molar-refractivity contribution in [3.8, 4) is 17.0 Å². The fourth-order valence-corrected chi connectivity index (χ4v) is 4.55. The molecule has 0 aliphatic carbocycles. The Morgan fingerprint density at radius 2 is 1.84 bits per heavy atom. The van der Waals surface area contributed by atoms with Crippen LogP contribution in [-0.4, -0.2) is 36.3 Å². The van der Waals surface area contributed by atoms with Crippen LogP contribution in [0.5, 0.6) is 5.75 Å². The molecule has 0 fully saturated rings. The van der Waals surface area contributed by atoms with E-state index in [-0.39, 0.29) is 12.5 Å². The third kappa shape index (κ3) is 7.50. The van der Waals surface area contributed by atoms with E-state index in [1.54, 1.807) is 37.3 Å². The Morgan fingerprint density at radius 3 is 2.55 bits per heavy atom. The minimum atomic E-state index is -0.438. The predicted molar refractivity (Wildman–Crippen MR) is 153 cm³/mol.